The topological polar surface area (TPSA) is 39.4 Å². The second-order valence-electron chi connectivity index (χ2n) is 4.41. The number of hydrogen-bond donors (Lipinski definition) is 0. The fraction of sp³-hybridized carbons (Fsp3) is 0.286. The van der Waals surface area contributed by atoms with Crippen LogP contribution in [0.3, 0.4) is 0 Å². The zero-order chi connectivity index (χ0) is 14.1. The molecular weight excluding hydrogens is 294 g/mol. The zero-order valence-corrected chi connectivity index (χ0v) is 12.8. The van der Waals surface area contributed by atoms with Gasteiger partial charge in [0.2, 0.25) is 5.88 Å². The third-order valence-electron chi connectivity index (χ3n) is 3.06. The number of pyridine rings is 1. The Hall–Kier alpha value is -1.59. The molecule has 6 heteroatoms. The number of halogens is 1. The van der Waals surface area contributed by atoms with E-state index in [0.29, 0.717) is 11.8 Å². The minimum absolute atomic E-state index is 0.355. The Bertz CT molecular complexity index is 750. The standard InChI is InChI=1S/C14H14ClN3OS/c1-3-10-12(5-4-9(2)16-10)19-13-11(8-15)18-6-7-20-14(18)17-13/h4-7H,3,8H2,1-2H3. The molecule has 0 atom stereocenters. The number of imidazole rings is 1. The molecule has 0 fully saturated rings. The number of fused-ring (bicyclic) bond motifs is 1. The first-order chi connectivity index (χ1) is 9.72. The Morgan fingerprint density at radius 3 is 2.95 bits per heavy atom. The van der Waals surface area contributed by atoms with Crippen LogP contribution in [-0.4, -0.2) is 14.4 Å². The van der Waals surface area contributed by atoms with E-state index in [9.17, 15) is 0 Å². The van der Waals surface area contributed by atoms with Crippen molar-refractivity contribution in [2.45, 2.75) is 26.1 Å². The molecule has 20 heavy (non-hydrogen) atoms. The summed E-state index contributed by atoms with van der Waals surface area (Å²) in [5.41, 5.74) is 2.78. The predicted octanol–water partition coefficient (Wildman–Crippen LogP) is 4.19. The Morgan fingerprint density at radius 1 is 1.35 bits per heavy atom. The molecule has 0 aromatic carbocycles. The van der Waals surface area contributed by atoms with E-state index >= 15 is 0 Å². The van der Waals surface area contributed by atoms with Crippen LogP contribution < -0.4 is 4.74 Å². The summed E-state index contributed by atoms with van der Waals surface area (Å²) in [5.74, 6) is 1.66. The molecule has 0 saturated heterocycles. The van der Waals surface area contributed by atoms with Crippen molar-refractivity contribution in [3.05, 3.63) is 40.8 Å². The van der Waals surface area contributed by atoms with Crippen molar-refractivity contribution < 1.29 is 4.74 Å². The van der Waals surface area contributed by atoms with Crippen LogP contribution in [0, 0.1) is 6.92 Å². The lowest BCUT2D eigenvalue weighted by Gasteiger charge is -2.09. The summed E-state index contributed by atoms with van der Waals surface area (Å²) >= 11 is 7.58. The monoisotopic (exact) mass is 307 g/mol. The summed E-state index contributed by atoms with van der Waals surface area (Å²) in [7, 11) is 0. The fourth-order valence-electron chi connectivity index (χ4n) is 2.06. The number of aryl methyl sites for hydroxylation is 2. The van der Waals surface area contributed by atoms with Crippen LogP contribution in [-0.2, 0) is 12.3 Å². The van der Waals surface area contributed by atoms with Gasteiger partial charge in [0, 0.05) is 17.3 Å². The Morgan fingerprint density at radius 2 is 2.20 bits per heavy atom. The maximum absolute atomic E-state index is 6.02. The Balaban J connectivity index is 2.02. The maximum Gasteiger partial charge on any atom is 0.243 e. The summed E-state index contributed by atoms with van der Waals surface area (Å²) in [4.78, 5) is 9.86. The summed E-state index contributed by atoms with van der Waals surface area (Å²) in [5, 5.41) is 1.98. The van der Waals surface area contributed by atoms with E-state index in [0.717, 1.165) is 34.2 Å². The van der Waals surface area contributed by atoms with Crippen molar-refractivity contribution in [3.8, 4) is 11.6 Å². The number of ether oxygens (including phenoxy) is 1. The van der Waals surface area contributed by atoms with Crippen LogP contribution in [0.2, 0.25) is 0 Å². The van der Waals surface area contributed by atoms with Gasteiger partial charge in [-0.2, -0.15) is 4.98 Å². The van der Waals surface area contributed by atoms with Crippen molar-refractivity contribution in [2.24, 2.45) is 0 Å². The molecule has 3 rings (SSSR count). The molecule has 0 radical (unpaired) electrons. The van der Waals surface area contributed by atoms with Gasteiger partial charge in [0.1, 0.15) is 5.69 Å². The molecule has 0 saturated carbocycles. The van der Waals surface area contributed by atoms with Gasteiger partial charge in [0.15, 0.2) is 10.7 Å². The van der Waals surface area contributed by atoms with E-state index in [4.69, 9.17) is 16.3 Å². The molecule has 0 aliphatic heterocycles. The SMILES string of the molecule is CCc1nc(C)ccc1Oc1nc2sccn2c1CCl. The van der Waals surface area contributed by atoms with Crippen LogP contribution in [0.5, 0.6) is 11.6 Å². The van der Waals surface area contributed by atoms with Crippen LogP contribution >= 0.6 is 22.9 Å². The largest absolute Gasteiger partial charge is 0.435 e. The van der Waals surface area contributed by atoms with Gasteiger partial charge >= 0.3 is 0 Å². The third kappa shape index (κ3) is 2.27. The molecule has 104 valence electrons. The molecule has 3 aromatic heterocycles. The molecule has 0 aliphatic rings. The van der Waals surface area contributed by atoms with E-state index in [2.05, 4.69) is 16.9 Å². The molecule has 4 nitrogen and oxygen atoms in total. The van der Waals surface area contributed by atoms with Crippen molar-refractivity contribution in [2.75, 3.05) is 0 Å². The fourth-order valence-corrected chi connectivity index (χ4v) is 3.03. The van der Waals surface area contributed by atoms with Crippen molar-refractivity contribution >= 4 is 27.9 Å². The van der Waals surface area contributed by atoms with Crippen molar-refractivity contribution in [1.82, 2.24) is 14.4 Å². The molecule has 0 unspecified atom stereocenters. The van der Waals surface area contributed by atoms with Crippen LogP contribution in [0.15, 0.2) is 23.7 Å². The van der Waals surface area contributed by atoms with E-state index in [-0.39, 0.29) is 0 Å². The third-order valence-corrected chi connectivity index (χ3v) is 4.07. The summed E-state index contributed by atoms with van der Waals surface area (Å²) in [6, 6.07) is 3.87. The number of alkyl halides is 1. The second kappa shape index (κ2) is 5.42. The lowest BCUT2D eigenvalue weighted by molar-refractivity contribution is 0.452. The normalized spacial score (nSPS) is 11.2. The number of thiazole rings is 1. The molecule has 3 aromatic rings. The molecule has 0 aliphatic carbocycles. The molecule has 0 spiro atoms. The lowest BCUT2D eigenvalue weighted by Crippen LogP contribution is -1.97. The highest BCUT2D eigenvalue weighted by atomic mass is 35.5. The number of rotatable bonds is 4. The van der Waals surface area contributed by atoms with Gasteiger partial charge in [-0.15, -0.1) is 22.9 Å². The van der Waals surface area contributed by atoms with E-state index in [1.807, 2.05) is 35.0 Å². The van der Waals surface area contributed by atoms with Gasteiger partial charge in [0.25, 0.3) is 0 Å². The molecule has 3 heterocycles. The quantitative estimate of drug-likeness (QED) is 0.678. The average molecular weight is 308 g/mol. The summed E-state index contributed by atoms with van der Waals surface area (Å²) in [6.45, 7) is 4.03. The first kappa shape index (κ1) is 13.4. The first-order valence-electron chi connectivity index (χ1n) is 6.37. The second-order valence-corrected chi connectivity index (χ2v) is 5.55. The highest BCUT2D eigenvalue weighted by Gasteiger charge is 2.16. The van der Waals surface area contributed by atoms with Crippen LogP contribution in [0.1, 0.15) is 24.0 Å². The Kier molecular flexibility index (Phi) is 3.63. The minimum atomic E-state index is 0.355. The van der Waals surface area contributed by atoms with E-state index < -0.39 is 0 Å². The minimum Gasteiger partial charge on any atom is -0.435 e. The Labute approximate surface area is 126 Å². The molecular formula is C14H14ClN3OS. The molecule has 0 bridgehead atoms. The lowest BCUT2D eigenvalue weighted by atomic mass is 10.2. The van der Waals surface area contributed by atoms with E-state index in [1.54, 1.807) is 11.3 Å². The highest BCUT2D eigenvalue weighted by Crippen LogP contribution is 2.30. The summed E-state index contributed by atoms with van der Waals surface area (Å²) in [6.07, 6.45) is 2.77. The van der Waals surface area contributed by atoms with Gasteiger partial charge in [-0.3, -0.25) is 9.38 Å². The zero-order valence-electron chi connectivity index (χ0n) is 11.3. The average Bonchev–Trinajstić information content (AvgIpc) is 3.00. The predicted molar refractivity (Wildman–Crippen MR) is 81.1 cm³/mol. The smallest absolute Gasteiger partial charge is 0.243 e. The maximum atomic E-state index is 6.02. The highest BCUT2D eigenvalue weighted by molar-refractivity contribution is 7.15. The van der Waals surface area contributed by atoms with Gasteiger partial charge in [-0.1, -0.05) is 6.92 Å². The molecule has 0 amide bonds. The van der Waals surface area contributed by atoms with Crippen molar-refractivity contribution in [3.63, 3.8) is 0 Å². The number of hydrogen-bond acceptors (Lipinski definition) is 4. The van der Waals surface area contributed by atoms with Gasteiger partial charge < -0.3 is 4.74 Å². The van der Waals surface area contributed by atoms with Gasteiger partial charge in [0.05, 0.1) is 11.6 Å². The summed E-state index contributed by atoms with van der Waals surface area (Å²) < 4.78 is 7.91. The van der Waals surface area contributed by atoms with Gasteiger partial charge in [-0.05, 0) is 25.5 Å². The first-order valence-corrected chi connectivity index (χ1v) is 7.79. The number of aromatic nitrogens is 3. The van der Waals surface area contributed by atoms with Crippen LogP contribution in [0.4, 0.5) is 0 Å². The van der Waals surface area contributed by atoms with Gasteiger partial charge in [-0.25, -0.2) is 0 Å². The van der Waals surface area contributed by atoms with Crippen molar-refractivity contribution in [1.29, 1.82) is 0 Å². The molecule has 0 N–H and O–H groups in total. The van der Waals surface area contributed by atoms with E-state index in [1.165, 1.54) is 0 Å². The van der Waals surface area contributed by atoms with Crippen LogP contribution in [0.25, 0.3) is 4.96 Å². The number of nitrogens with zero attached hydrogens (tertiary/aromatic N) is 3.